The molecule has 1 N–H and O–H groups in total. The molecule has 2 amide bonds. The lowest BCUT2D eigenvalue weighted by Crippen LogP contribution is -2.41. The topological polar surface area (TPSA) is 90.8 Å². The average Bonchev–Trinajstić information content (AvgIpc) is 3.22. The summed E-state index contributed by atoms with van der Waals surface area (Å²) in [7, 11) is 0. The third-order valence-electron chi connectivity index (χ3n) is 6.64. The molecule has 4 rings (SSSR count). The molecular formula is C22H31N5O3. The van der Waals surface area contributed by atoms with Gasteiger partial charge >= 0.3 is 0 Å². The van der Waals surface area contributed by atoms with Gasteiger partial charge in [-0.25, -0.2) is 9.50 Å². The Morgan fingerprint density at radius 3 is 2.80 bits per heavy atom. The quantitative estimate of drug-likeness (QED) is 0.831. The Labute approximate surface area is 176 Å². The van der Waals surface area contributed by atoms with Gasteiger partial charge in [0.25, 0.3) is 5.56 Å². The first-order chi connectivity index (χ1) is 14.4. The molecule has 2 atom stereocenters. The number of rotatable bonds is 4. The van der Waals surface area contributed by atoms with Crippen molar-refractivity contribution in [3.05, 3.63) is 33.4 Å². The van der Waals surface area contributed by atoms with E-state index in [0.717, 1.165) is 37.2 Å². The van der Waals surface area contributed by atoms with Gasteiger partial charge < -0.3 is 9.80 Å². The van der Waals surface area contributed by atoms with E-state index in [9.17, 15) is 14.4 Å². The molecule has 0 saturated carbocycles. The highest BCUT2D eigenvalue weighted by Crippen LogP contribution is 2.28. The number of hydrogen-bond donors (Lipinski definition) is 1. The number of amides is 2. The van der Waals surface area contributed by atoms with Gasteiger partial charge in [0.1, 0.15) is 0 Å². The average molecular weight is 414 g/mol. The molecule has 2 aromatic rings. The van der Waals surface area contributed by atoms with E-state index in [2.05, 4.69) is 5.10 Å². The minimum absolute atomic E-state index is 0.0382. The van der Waals surface area contributed by atoms with Crippen LogP contribution in [0.3, 0.4) is 0 Å². The van der Waals surface area contributed by atoms with Crippen molar-refractivity contribution in [1.29, 1.82) is 0 Å². The normalized spacial score (nSPS) is 20.3. The van der Waals surface area contributed by atoms with E-state index >= 15 is 0 Å². The van der Waals surface area contributed by atoms with Crippen molar-refractivity contribution in [1.82, 2.24) is 24.4 Å². The zero-order valence-electron chi connectivity index (χ0n) is 18.1. The van der Waals surface area contributed by atoms with Crippen LogP contribution in [-0.2, 0) is 22.6 Å². The van der Waals surface area contributed by atoms with Crippen molar-refractivity contribution in [2.24, 2.45) is 5.92 Å². The minimum Gasteiger partial charge on any atom is -0.342 e. The van der Waals surface area contributed by atoms with Crippen molar-refractivity contribution in [2.75, 3.05) is 19.6 Å². The van der Waals surface area contributed by atoms with E-state index in [1.165, 1.54) is 4.52 Å². The number of nitrogens with one attached hydrogen (secondary N) is 1. The van der Waals surface area contributed by atoms with Crippen molar-refractivity contribution in [3.8, 4) is 0 Å². The second kappa shape index (κ2) is 8.24. The zero-order chi connectivity index (χ0) is 21.4. The lowest BCUT2D eigenvalue weighted by atomic mass is 9.93. The molecule has 162 valence electrons. The number of aromatic amines is 1. The van der Waals surface area contributed by atoms with E-state index in [4.69, 9.17) is 4.98 Å². The number of likely N-dealkylation sites (tertiary alicyclic amines) is 1. The summed E-state index contributed by atoms with van der Waals surface area (Å²) in [5.41, 5.74) is 2.84. The van der Waals surface area contributed by atoms with Crippen LogP contribution in [0.2, 0.25) is 0 Å². The van der Waals surface area contributed by atoms with Gasteiger partial charge in [-0.05, 0) is 19.3 Å². The fraction of sp³-hybridized carbons (Fsp3) is 0.636. The number of H-pyrrole nitrogens is 1. The predicted molar refractivity (Wildman–Crippen MR) is 113 cm³/mol. The van der Waals surface area contributed by atoms with Crippen LogP contribution in [0.1, 0.15) is 69.3 Å². The monoisotopic (exact) mass is 413 g/mol. The summed E-state index contributed by atoms with van der Waals surface area (Å²) in [5, 5.41) is 3.24. The second-order valence-corrected chi connectivity index (χ2v) is 8.60. The van der Waals surface area contributed by atoms with Gasteiger partial charge in [0, 0.05) is 56.1 Å². The van der Waals surface area contributed by atoms with Crippen molar-refractivity contribution in [2.45, 2.75) is 65.3 Å². The van der Waals surface area contributed by atoms with Gasteiger partial charge in [-0.15, -0.1) is 0 Å². The largest absolute Gasteiger partial charge is 0.342 e. The van der Waals surface area contributed by atoms with E-state index < -0.39 is 0 Å². The molecular weight excluding hydrogens is 382 g/mol. The Morgan fingerprint density at radius 2 is 2.07 bits per heavy atom. The maximum atomic E-state index is 13.1. The van der Waals surface area contributed by atoms with Crippen molar-refractivity contribution in [3.63, 3.8) is 0 Å². The molecule has 8 nitrogen and oxygen atoms in total. The van der Waals surface area contributed by atoms with Gasteiger partial charge in [-0.1, -0.05) is 20.8 Å². The predicted octanol–water partition coefficient (Wildman–Crippen LogP) is 2.07. The molecule has 0 aliphatic carbocycles. The summed E-state index contributed by atoms with van der Waals surface area (Å²) in [6, 6.07) is 1.95. The summed E-state index contributed by atoms with van der Waals surface area (Å²) < 4.78 is 1.50. The molecule has 1 fully saturated rings. The van der Waals surface area contributed by atoms with Crippen LogP contribution in [0.25, 0.3) is 5.65 Å². The highest BCUT2D eigenvalue weighted by atomic mass is 16.2. The van der Waals surface area contributed by atoms with Crippen LogP contribution in [0.15, 0.2) is 10.9 Å². The summed E-state index contributed by atoms with van der Waals surface area (Å²) >= 11 is 0. The Morgan fingerprint density at radius 1 is 1.27 bits per heavy atom. The van der Waals surface area contributed by atoms with Gasteiger partial charge in [0.15, 0.2) is 5.65 Å². The number of carbonyl (C=O) groups is 2. The highest BCUT2D eigenvalue weighted by molar-refractivity contribution is 5.78. The summed E-state index contributed by atoms with van der Waals surface area (Å²) in [4.78, 5) is 46.2. The molecule has 30 heavy (non-hydrogen) atoms. The molecule has 0 aromatic carbocycles. The van der Waals surface area contributed by atoms with Gasteiger partial charge in [0.2, 0.25) is 11.8 Å². The number of piperidine rings is 1. The zero-order valence-corrected chi connectivity index (χ0v) is 18.1. The van der Waals surface area contributed by atoms with Crippen LogP contribution >= 0.6 is 0 Å². The second-order valence-electron chi connectivity index (χ2n) is 8.60. The number of hydrogen-bond acceptors (Lipinski definition) is 4. The third-order valence-corrected chi connectivity index (χ3v) is 6.64. The maximum absolute atomic E-state index is 13.1. The van der Waals surface area contributed by atoms with E-state index in [1.807, 2.05) is 31.7 Å². The van der Waals surface area contributed by atoms with Crippen LogP contribution in [0.4, 0.5) is 0 Å². The first-order valence-electron chi connectivity index (χ1n) is 11.1. The molecule has 0 spiro atoms. The highest BCUT2D eigenvalue weighted by Gasteiger charge is 2.29. The lowest BCUT2D eigenvalue weighted by molar-refractivity contribution is -0.136. The van der Waals surface area contributed by atoms with Gasteiger partial charge in [-0.3, -0.25) is 19.5 Å². The third kappa shape index (κ3) is 3.63. The maximum Gasteiger partial charge on any atom is 0.277 e. The van der Waals surface area contributed by atoms with Crippen molar-refractivity contribution >= 4 is 17.5 Å². The molecule has 0 unspecified atom stereocenters. The lowest BCUT2D eigenvalue weighted by Gasteiger charge is -2.33. The number of carbonyl (C=O) groups excluding carboxylic acids is 2. The Kier molecular flexibility index (Phi) is 5.66. The number of aromatic nitrogens is 3. The summed E-state index contributed by atoms with van der Waals surface area (Å²) in [5.74, 6) is 0.481. The standard InChI is InChI=1S/C22H31N5O3/c1-4-14(3)21(29)26-9-6-7-15(12-26)18-11-19-23-17-8-10-25(20(28)5-2)13-16(17)22(30)27(19)24-18/h11,14-15,24H,4-10,12-13H2,1-3H3/t14-,15+/m1/s1. The molecule has 0 radical (unpaired) electrons. The Bertz CT molecular complexity index is 1020. The smallest absolute Gasteiger partial charge is 0.277 e. The van der Waals surface area contributed by atoms with E-state index in [1.54, 1.807) is 4.90 Å². The van der Waals surface area contributed by atoms with Crippen LogP contribution in [0, 0.1) is 5.92 Å². The number of fused-ring (bicyclic) bond motifs is 2. The SMILES string of the molecule is CCC(=O)N1CCc2nc3cc([C@H]4CCCN(C(=O)[C@H](C)CC)C4)[nH]n3c(=O)c2C1. The molecule has 1 saturated heterocycles. The first kappa shape index (κ1) is 20.6. The van der Waals surface area contributed by atoms with E-state index in [-0.39, 0.29) is 29.2 Å². The Balaban J connectivity index is 1.61. The Hall–Kier alpha value is -2.64. The minimum atomic E-state index is -0.127. The van der Waals surface area contributed by atoms with Crippen LogP contribution < -0.4 is 5.56 Å². The van der Waals surface area contributed by atoms with Crippen molar-refractivity contribution < 1.29 is 9.59 Å². The van der Waals surface area contributed by atoms with E-state index in [0.29, 0.717) is 43.7 Å². The number of nitrogens with zero attached hydrogens (tertiary/aromatic N) is 4. The summed E-state index contributed by atoms with van der Waals surface area (Å²) in [6.45, 7) is 8.26. The molecule has 0 bridgehead atoms. The van der Waals surface area contributed by atoms with Crippen LogP contribution in [-0.4, -0.2) is 55.8 Å². The molecule has 4 heterocycles. The summed E-state index contributed by atoms with van der Waals surface area (Å²) in [6.07, 6.45) is 3.81. The fourth-order valence-corrected chi connectivity index (χ4v) is 4.56. The molecule has 8 heteroatoms. The first-order valence-corrected chi connectivity index (χ1v) is 11.1. The van der Waals surface area contributed by atoms with Crippen LogP contribution in [0.5, 0.6) is 0 Å². The fourth-order valence-electron chi connectivity index (χ4n) is 4.56. The molecule has 2 aliphatic heterocycles. The van der Waals surface area contributed by atoms with Gasteiger partial charge in [-0.2, -0.15) is 0 Å². The molecule has 2 aliphatic rings. The van der Waals surface area contributed by atoms with Gasteiger partial charge in [0.05, 0.1) is 17.8 Å². The molecule has 2 aromatic heterocycles.